The molecule has 0 saturated carbocycles. The molecule has 0 aliphatic carbocycles. The molecule has 2 heterocycles. The molecule has 0 amide bonds. The highest BCUT2D eigenvalue weighted by atomic mass is 79.9. The Morgan fingerprint density at radius 1 is 1.53 bits per heavy atom. The van der Waals surface area contributed by atoms with Crippen molar-refractivity contribution in [2.45, 2.75) is 6.54 Å². The molecule has 0 aliphatic rings. The maximum Gasteiger partial charge on any atom is 0.404 e. The zero-order valence-corrected chi connectivity index (χ0v) is 12.0. The van der Waals surface area contributed by atoms with Crippen LogP contribution in [0.3, 0.4) is 0 Å². The Bertz CT molecular complexity index is 611. The summed E-state index contributed by atoms with van der Waals surface area (Å²) in [7, 11) is 3.81. The van der Waals surface area contributed by atoms with E-state index in [1.165, 1.54) is 4.68 Å². The van der Waals surface area contributed by atoms with Gasteiger partial charge < -0.3 is 15.0 Å². The zero-order valence-electron chi connectivity index (χ0n) is 10.4. The average Bonchev–Trinajstić information content (AvgIpc) is 2.70. The number of halogens is 1. The summed E-state index contributed by atoms with van der Waals surface area (Å²) < 4.78 is 1.90. The molecule has 7 nitrogen and oxygen atoms in total. The van der Waals surface area contributed by atoms with Gasteiger partial charge >= 0.3 is 5.82 Å². The molecule has 2 aromatic heterocycles. The van der Waals surface area contributed by atoms with Gasteiger partial charge in [-0.05, 0) is 38.5 Å². The minimum Gasteiger partial charge on any atom is -0.363 e. The zero-order chi connectivity index (χ0) is 14.0. The number of anilines is 1. The molecule has 0 bridgehead atoms. The van der Waals surface area contributed by atoms with E-state index < -0.39 is 4.92 Å². The first-order chi connectivity index (χ1) is 8.97. The molecular formula is C11H12BrN5O2. The van der Waals surface area contributed by atoms with Gasteiger partial charge in [0.2, 0.25) is 0 Å². The highest BCUT2D eigenvalue weighted by Crippen LogP contribution is 2.22. The van der Waals surface area contributed by atoms with Crippen molar-refractivity contribution in [1.82, 2.24) is 14.8 Å². The third-order valence-corrected chi connectivity index (χ3v) is 3.04. The third kappa shape index (κ3) is 3.08. The lowest BCUT2D eigenvalue weighted by Crippen LogP contribution is -2.11. The molecule has 8 heteroatoms. The minimum atomic E-state index is -0.515. The van der Waals surface area contributed by atoms with Crippen molar-refractivity contribution in [3.05, 3.63) is 44.7 Å². The van der Waals surface area contributed by atoms with Crippen molar-refractivity contribution in [3.63, 3.8) is 0 Å². The van der Waals surface area contributed by atoms with Crippen LogP contribution in [0.15, 0.2) is 29.0 Å². The van der Waals surface area contributed by atoms with Crippen LogP contribution >= 0.6 is 15.9 Å². The summed E-state index contributed by atoms with van der Waals surface area (Å²) in [6, 6.07) is 3.77. The minimum absolute atomic E-state index is 0.179. The SMILES string of the molecule is CN(C)c1cc(Cn2cc(Br)c([N+](=O)[O-])n2)ccn1. The fourth-order valence-electron chi connectivity index (χ4n) is 1.58. The first-order valence-electron chi connectivity index (χ1n) is 5.47. The summed E-state index contributed by atoms with van der Waals surface area (Å²) >= 11 is 3.12. The summed E-state index contributed by atoms with van der Waals surface area (Å²) in [5.41, 5.74) is 0.976. The van der Waals surface area contributed by atoms with Crippen LogP contribution in [0.1, 0.15) is 5.56 Å². The summed E-state index contributed by atoms with van der Waals surface area (Å²) in [5, 5.41) is 14.6. The highest BCUT2D eigenvalue weighted by Gasteiger charge is 2.18. The van der Waals surface area contributed by atoms with Crippen LogP contribution < -0.4 is 4.90 Å². The largest absolute Gasteiger partial charge is 0.404 e. The van der Waals surface area contributed by atoms with E-state index in [0.717, 1.165) is 11.4 Å². The van der Waals surface area contributed by atoms with Gasteiger partial charge in [-0.1, -0.05) is 0 Å². The van der Waals surface area contributed by atoms with Crippen molar-refractivity contribution in [1.29, 1.82) is 0 Å². The Morgan fingerprint density at radius 2 is 2.26 bits per heavy atom. The van der Waals surface area contributed by atoms with Crippen molar-refractivity contribution in [2.75, 3.05) is 19.0 Å². The van der Waals surface area contributed by atoms with Crippen LogP contribution in [-0.4, -0.2) is 33.8 Å². The maximum absolute atomic E-state index is 10.7. The second-order valence-corrected chi connectivity index (χ2v) is 5.03. The van der Waals surface area contributed by atoms with Crippen LogP contribution in [0.25, 0.3) is 0 Å². The number of nitrogens with zero attached hydrogens (tertiary/aromatic N) is 5. The van der Waals surface area contributed by atoms with Gasteiger partial charge in [0, 0.05) is 20.3 Å². The summed E-state index contributed by atoms with van der Waals surface area (Å²) in [4.78, 5) is 16.3. The molecule has 0 aliphatic heterocycles. The van der Waals surface area contributed by atoms with Crippen LogP contribution in [0.2, 0.25) is 0 Å². The second kappa shape index (κ2) is 5.35. The molecule has 2 rings (SSSR count). The van der Waals surface area contributed by atoms with Crippen LogP contribution in [0.5, 0.6) is 0 Å². The molecule has 0 atom stereocenters. The number of nitro groups is 1. The van der Waals surface area contributed by atoms with Gasteiger partial charge in [0.05, 0.1) is 17.8 Å². The van der Waals surface area contributed by atoms with Gasteiger partial charge in [-0.15, -0.1) is 0 Å². The van der Waals surface area contributed by atoms with Gasteiger partial charge in [-0.3, -0.25) is 0 Å². The maximum atomic E-state index is 10.7. The first kappa shape index (κ1) is 13.5. The Hall–Kier alpha value is -1.96. The predicted octanol–water partition coefficient (Wildman–Crippen LogP) is 2.06. The number of aromatic nitrogens is 3. The van der Waals surface area contributed by atoms with Crippen LogP contribution in [-0.2, 0) is 6.54 Å². The Balaban J connectivity index is 2.24. The lowest BCUT2D eigenvalue weighted by Gasteiger charge is -2.11. The van der Waals surface area contributed by atoms with Gasteiger partial charge in [0.25, 0.3) is 0 Å². The van der Waals surface area contributed by atoms with Gasteiger partial charge in [-0.2, -0.15) is 4.68 Å². The van der Waals surface area contributed by atoms with Crippen molar-refractivity contribution in [2.24, 2.45) is 0 Å². The lowest BCUT2D eigenvalue weighted by molar-refractivity contribution is -0.390. The summed E-state index contributed by atoms with van der Waals surface area (Å²) in [5.74, 6) is 0.653. The second-order valence-electron chi connectivity index (χ2n) is 4.17. The lowest BCUT2D eigenvalue weighted by atomic mass is 10.2. The standard InChI is InChI=1S/C11H12BrN5O2/c1-15(2)10-5-8(3-4-13-10)6-16-7-9(12)11(14-16)17(18)19/h3-5,7H,6H2,1-2H3. The number of rotatable bonds is 4. The topological polar surface area (TPSA) is 77.1 Å². The van der Waals surface area contributed by atoms with Crippen molar-refractivity contribution < 1.29 is 4.92 Å². The third-order valence-electron chi connectivity index (χ3n) is 2.48. The van der Waals surface area contributed by atoms with E-state index in [4.69, 9.17) is 0 Å². The Morgan fingerprint density at radius 3 is 2.84 bits per heavy atom. The van der Waals surface area contributed by atoms with E-state index in [9.17, 15) is 10.1 Å². The smallest absolute Gasteiger partial charge is 0.363 e. The predicted molar refractivity (Wildman–Crippen MR) is 74.2 cm³/mol. The number of pyridine rings is 1. The molecule has 100 valence electrons. The van der Waals surface area contributed by atoms with Crippen molar-refractivity contribution in [3.8, 4) is 0 Å². The molecule has 0 radical (unpaired) electrons. The molecule has 0 unspecified atom stereocenters. The molecule has 0 fully saturated rings. The summed E-state index contributed by atoms with van der Waals surface area (Å²) in [6.07, 6.45) is 3.30. The van der Waals surface area contributed by atoms with Gasteiger partial charge in [-0.25, -0.2) is 4.98 Å². The van der Waals surface area contributed by atoms with Crippen LogP contribution in [0.4, 0.5) is 11.6 Å². The number of hydrogen-bond acceptors (Lipinski definition) is 5. The van der Waals surface area contributed by atoms with E-state index >= 15 is 0 Å². The summed E-state index contributed by atoms with van der Waals surface area (Å²) in [6.45, 7) is 0.454. The van der Waals surface area contributed by atoms with E-state index in [1.54, 1.807) is 12.4 Å². The molecule has 0 N–H and O–H groups in total. The molecule has 0 spiro atoms. The Kier molecular flexibility index (Phi) is 3.79. The first-order valence-corrected chi connectivity index (χ1v) is 6.26. The van der Waals surface area contributed by atoms with Crippen molar-refractivity contribution >= 4 is 27.6 Å². The normalized spacial score (nSPS) is 10.5. The van der Waals surface area contributed by atoms with E-state index in [0.29, 0.717) is 11.0 Å². The molecule has 0 aromatic carbocycles. The fourth-order valence-corrected chi connectivity index (χ4v) is 2.04. The highest BCUT2D eigenvalue weighted by molar-refractivity contribution is 9.10. The molecule has 0 saturated heterocycles. The van der Waals surface area contributed by atoms with E-state index in [2.05, 4.69) is 26.0 Å². The molecule has 2 aromatic rings. The van der Waals surface area contributed by atoms with E-state index in [1.807, 2.05) is 31.1 Å². The quantitative estimate of drug-likeness (QED) is 0.635. The number of hydrogen-bond donors (Lipinski definition) is 0. The molecular weight excluding hydrogens is 314 g/mol. The fraction of sp³-hybridized carbons (Fsp3) is 0.273. The van der Waals surface area contributed by atoms with Gasteiger partial charge in [0.15, 0.2) is 0 Å². The average molecular weight is 326 g/mol. The Labute approximate surface area is 118 Å². The van der Waals surface area contributed by atoms with E-state index in [-0.39, 0.29) is 5.82 Å². The van der Waals surface area contributed by atoms with Crippen LogP contribution in [0, 0.1) is 10.1 Å². The van der Waals surface area contributed by atoms with Gasteiger partial charge in [0.1, 0.15) is 10.3 Å². The molecule has 19 heavy (non-hydrogen) atoms. The monoisotopic (exact) mass is 325 g/mol.